The van der Waals surface area contributed by atoms with Gasteiger partial charge in [0.25, 0.3) is 0 Å². The summed E-state index contributed by atoms with van der Waals surface area (Å²) in [5.41, 5.74) is 0. The van der Waals surface area contributed by atoms with Crippen molar-refractivity contribution in [3.05, 3.63) is 0 Å². The predicted octanol–water partition coefficient (Wildman–Crippen LogP) is 1.05. The highest BCUT2D eigenvalue weighted by Gasteiger charge is 2.01. The van der Waals surface area contributed by atoms with Crippen molar-refractivity contribution in [2.24, 2.45) is 0 Å². The lowest BCUT2D eigenvalue weighted by Gasteiger charge is -2.09. The first kappa shape index (κ1) is 9.62. The molecule has 0 aliphatic heterocycles. The van der Waals surface area contributed by atoms with Crippen LogP contribution in [0.1, 0.15) is 0 Å². The Morgan fingerprint density at radius 2 is 2.20 bits per heavy atom. The third kappa shape index (κ3) is 4.49. The topological polar surface area (TPSA) is 29.5 Å². The van der Waals surface area contributed by atoms with Gasteiger partial charge in [0.2, 0.25) is 0 Å². The first-order valence-electron chi connectivity index (χ1n) is 3.01. The van der Waals surface area contributed by atoms with Crippen molar-refractivity contribution in [3.63, 3.8) is 0 Å². The van der Waals surface area contributed by atoms with Crippen molar-refractivity contribution in [2.45, 2.75) is 0 Å². The number of ether oxygens (including phenoxy) is 1. The van der Waals surface area contributed by atoms with Crippen LogP contribution in [0.15, 0.2) is 0 Å². The Hall–Kier alpha value is -0.380. The molecule has 0 heterocycles. The van der Waals surface area contributed by atoms with E-state index in [1.807, 2.05) is 6.26 Å². The van der Waals surface area contributed by atoms with Gasteiger partial charge in [-0.2, -0.15) is 11.8 Å². The molecule has 0 spiro atoms. The maximum atomic E-state index is 10.7. The normalized spacial score (nSPS) is 9.10. The molecule has 3 nitrogen and oxygen atoms in total. The van der Waals surface area contributed by atoms with Gasteiger partial charge >= 0.3 is 6.09 Å². The fourth-order valence-corrected chi connectivity index (χ4v) is 0.591. The molecule has 0 radical (unpaired) electrons. The molecule has 0 aliphatic rings. The summed E-state index contributed by atoms with van der Waals surface area (Å²) in [4.78, 5) is 12.1. The summed E-state index contributed by atoms with van der Waals surface area (Å²) in [6, 6.07) is 0. The van der Waals surface area contributed by atoms with Gasteiger partial charge in [-0.05, 0) is 6.26 Å². The van der Waals surface area contributed by atoms with E-state index >= 15 is 0 Å². The lowest BCUT2D eigenvalue weighted by molar-refractivity contribution is 0.125. The zero-order valence-corrected chi connectivity index (χ0v) is 7.40. The number of hydrogen-bond donors (Lipinski definition) is 0. The zero-order chi connectivity index (χ0) is 7.98. The van der Waals surface area contributed by atoms with Crippen LogP contribution in [0.25, 0.3) is 0 Å². The number of carbonyl (C=O) groups is 1. The van der Waals surface area contributed by atoms with E-state index in [-0.39, 0.29) is 6.09 Å². The van der Waals surface area contributed by atoms with E-state index in [2.05, 4.69) is 0 Å². The molecule has 0 rings (SSSR count). The molecule has 60 valence electrons. The highest BCUT2D eigenvalue weighted by Crippen LogP contribution is 1.92. The minimum Gasteiger partial charge on any atom is -0.449 e. The highest BCUT2D eigenvalue weighted by atomic mass is 32.2. The van der Waals surface area contributed by atoms with Crippen molar-refractivity contribution in [3.8, 4) is 0 Å². The second-order valence-corrected chi connectivity index (χ2v) is 2.99. The zero-order valence-electron chi connectivity index (χ0n) is 6.59. The summed E-state index contributed by atoms with van der Waals surface area (Å²) in [6.07, 6.45) is 1.71. The Labute approximate surface area is 65.7 Å². The summed E-state index contributed by atoms with van der Waals surface area (Å²) in [5, 5.41) is 0. The first-order chi connectivity index (χ1) is 4.68. The highest BCUT2D eigenvalue weighted by molar-refractivity contribution is 7.98. The molecule has 0 aromatic carbocycles. The van der Waals surface area contributed by atoms with Gasteiger partial charge in [0.1, 0.15) is 6.61 Å². The monoisotopic (exact) mass is 163 g/mol. The minimum absolute atomic E-state index is 0.269. The van der Waals surface area contributed by atoms with Gasteiger partial charge in [0.05, 0.1) is 0 Å². The summed E-state index contributed by atoms with van der Waals surface area (Å²) < 4.78 is 4.81. The van der Waals surface area contributed by atoms with Crippen LogP contribution in [0.4, 0.5) is 4.79 Å². The van der Waals surface area contributed by atoms with Gasteiger partial charge in [0, 0.05) is 19.8 Å². The van der Waals surface area contributed by atoms with Gasteiger partial charge in [-0.25, -0.2) is 4.79 Å². The van der Waals surface area contributed by atoms with Crippen molar-refractivity contribution in [1.29, 1.82) is 0 Å². The van der Waals surface area contributed by atoms with Crippen LogP contribution in [0.3, 0.4) is 0 Å². The van der Waals surface area contributed by atoms with Gasteiger partial charge in [-0.3, -0.25) is 0 Å². The number of hydrogen-bond acceptors (Lipinski definition) is 3. The van der Waals surface area contributed by atoms with E-state index in [0.717, 1.165) is 5.75 Å². The average Bonchev–Trinajstić information content (AvgIpc) is 1.88. The lowest BCUT2D eigenvalue weighted by Crippen LogP contribution is -2.23. The lowest BCUT2D eigenvalue weighted by atomic mass is 10.8. The Morgan fingerprint density at radius 3 is 2.60 bits per heavy atom. The van der Waals surface area contributed by atoms with Crippen LogP contribution in [-0.4, -0.2) is 43.7 Å². The molecule has 1 amide bonds. The fourth-order valence-electron chi connectivity index (χ4n) is 0.341. The van der Waals surface area contributed by atoms with Crippen LogP contribution < -0.4 is 0 Å². The van der Waals surface area contributed by atoms with Crippen LogP contribution >= 0.6 is 11.8 Å². The van der Waals surface area contributed by atoms with E-state index < -0.39 is 0 Å². The Kier molecular flexibility index (Phi) is 5.20. The molecule has 0 atom stereocenters. The van der Waals surface area contributed by atoms with Crippen LogP contribution in [0, 0.1) is 0 Å². The number of thioether (sulfide) groups is 1. The van der Waals surface area contributed by atoms with Crippen molar-refractivity contribution in [2.75, 3.05) is 32.7 Å². The molecule has 0 aromatic rings. The molecule has 4 heteroatoms. The minimum atomic E-state index is -0.269. The summed E-state index contributed by atoms with van der Waals surface area (Å²) in [7, 11) is 3.34. The predicted molar refractivity (Wildman–Crippen MR) is 43.4 cm³/mol. The average molecular weight is 163 g/mol. The standard InChI is InChI=1S/C6H13NO2S/c1-7(2)6(8)9-4-5-10-3/h4-5H2,1-3H3. The van der Waals surface area contributed by atoms with Gasteiger partial charge in [0.15, 0.2) is 0 Å². The Balaban J connectivity index is 3.22. The fraction of sp³-hybridized carbons (Fsp3) is 0.833. The summed E-state index contributed by atoms with van der Waals surface area (Å²) >= 11 is 1.66. The van der Waals surface area contributed by atoms with Crippen LogP contribution in [-0.2, 0) is 4.74 Å². The van der Waals surface area contributed by atoms with Crippen molar-refractivity contribution >= 4 is 17.9 Å². The molecule has 10 heavy (non-hydrogen) atoms. The molecular formula is C6H13NO2S. The second-order valence-electron chi connectivity index (χ2n) is 2.00. The number of carbonyl (C=O) groups excluding carboxylic acids is 1. The van der Waals surface area contributed by atoms with Crippen molar-refractivity contribution in [1.82, 2.24) is 4.90 Å². The molecule has 0 saturated carbocycles. The van der Waals surface area contributed by atoms with E-state index in [4.69, 9.17) is 4.74 Å². The van der Waals surface area contributed by atoms with E-state index in [9.17, 15) is 4.79 Å². The third-order valence-corrected chi connectivity index (χ3v) is 1.45. The van der Waals surface area contributed by atoms with E-state index in [1.54, 1.807) is 25.9 Å². The summed E-state index contributed by atoms with van der Waals surface area (Å²) in [5.74, 6) is 0.861. The number of rotatable bonds is 3. The molecule has 0 aromatic heterocycles. The molecular weight excluding hydrogens is 150 g/mol. The molecule has 0 saturated heterocycles. The third-order valence-electron chi connectivity index (χ3n) is 0.878. The SMILES string of the molecule is CSCCOC(=O)N(C)C. The quantitative estimate of drug-likeness (QED) is 0.582. The van der Waals surface area contributed by atoms with Gasteiger partial charge in [-0.1, -0.05) is 0 Å². The van der Waals surface area contributed by atoms with Gasteiger partial charge < -0.3 is 9.64 Å². The van der Waals surface area contributed by atoms with E-state index in [1.165, 1.54) is 4.90 Å². The molecule has 0 bridgehead atoms. The number of amides is 1. The van der Waals surface area contributed by atoms with E-state index in [0.29, 0.717) is 6.61 Å². The Bertz CT molecular complexity index is 106. The maximum absolute atomic E-state index is 10.7. The van der Waals surface area contributed by atoms with Gasteiger partial charge in [-0.15, -0.1) is 0 Å². The van der Waals surface area contributed by atoms with Crippen LogP contribution in [0.2, 0.25) is 0 Å². The van der Waals surface area contributed by atoms with Crippen molar-refractivity contribution < 1.29 is 9.53 Å². The molecule has 0 aliphatic carbocycles. The first-order valence-corrected chi connectivity index (χ1v) is 4.41. The molecule has 0 fully saturated rings. The molecule has 0 unspecified atom stereocenters. The summed E-state index contributed by atoms with van der Waals surface area (Å²) in [6.45, 7) is 0.498. The number of nitrogens with zero attached hydrogens (tertiary/aromatic N) is 1. The largest absolute Gasteiger partial charge is 0.449 e. The Morgan fingerprint density at radius 1 is 1.60 bits per heavy atom. The molecule has 0 N–H and O–H groups in total. The maximum Gasteiger partial charge on any atom is 0.409 e. The van der Waals surface area contributed by atoms with Crippen LogP contribution in [0.5, 0.6) is 0 Å². The smallest absolute Gasteiger partial charge is 0.409 e. The second kappa shape index (κ2) is 5.41.